The third-order valence-electron chi connectivity index (χ3n) is 2.87. The molecule has 1 atom stereocenters. The lowest BCUT2D eigenvalue weighted by Gasteiger charge is -2.36. The van der Waals surface area contributed by atoms with Crippen LogP contribution >= 0.6 is 15.9 Å². The number of Topliss-reactive ketones (excluding diaryl/α,β-unsaturated/α-hetero) is 1. The molecule has 1 aliphatic rings. The monoisotopic (exact) mass is 319 g/mol. The van der Waals surface area contributed by atoms with Crippen molar-refractivity contribution in [2.45, 2.75) is 58.1 Å². The Balaban J connectivity index is 2.64. The van der Waals surface area contributed by atoms with Gasteiger partial charge in [-0.2, -0.15) is 0 Å². The highest BCUT2D eigenvalue weighted by atomic mass is 79.9. The van der Waals surface area contributed by atoms with Crippen LogP contribution in [0.2, 0.25) is 0 Å². The summed E-state index contributed by atoms with van der Waals surface area (Å²) >= 11 is 3.16. The number of rotatable bonds is 3. The molecule has 5 heteroatoms. The summed E-state index contributed by atoms with van der Waals surface area (Å²) in [6.45, 7) is 6.25. The molecule has 0 aromatic carbocycles. The normalized spacial score (nSPS) is 20.7. The van der Waals surface area contributed by atoms with Crippen LogP contribution < -0.4 is 0 Å². The van der Waals surface area contributed by atoms with Gasteiger partial charge in [0, 0.05) is 19.0 Å². The number of carbonyl (C=O) groups is 2. The topological polar surface area (TPSA) is 46.6 Å². The van der Waals surface area contributed by atoms with Crippen LogP contribution in [0.4, 0.5) is 4.79 Å². The van der Waals surface area contributed by atoms with Gasteiger partial charge in [-0.3, -0.25) is 4.79 Å². The number of likely N-dealkylation sites (tertiary alicyclic amines) is 1. The van der Waals surface area contributed by atoms with Gasteiger partial charge in [-0.15, -0.1) is 0 Å². The van der Waals surface area contributed by atoms with E-state index in [0.717, 1.165) is 19.3 Å². The van der Waals surface area contributed by atoms with Crippen LogP contribution in [0.5, 0.6) is 0 Å². The zero-order chi connectivity index (χ0) is 13.8. The van der Waals surface area contributed by atoms with E-state index in [1.165, 1.54) is 0 Å². The minimum absolute atomic E-state index is 0.00125. The van der Waals surface area contributed by atoms with Crippen molar-refractivity contribution < 1.29 is 14.3 Å². The Hall–Kier alpha value is -0.580. The molecule has 18 heavy (non-hydrogen) atoms. The molecule has 4 nitrogen and oxygen atoms in total. The molecule has 104 valence electrons. The molecule has 1 aliphatic heterocycles. The first-order chi connectivity index (χ1) is 8.33. The number of hydrogen-bond acceptors (Lipinski definition) is 3. The minimum atomic E-state index is -0.488. The van der Waals surface area contributed by atoms with Crippen LogP contribution in [0.15, 0.2) is 0 Å². The van der Waals surface area contributed by atoms with Crippen molar-refractivity contribution in [2.24, 2.45) is 0 Å². The molecule has 0 saturated carbocycles. The molecule has 1 saturated heterocycles. The molecule has 0 spiro atoms. The number of halogens is 1. The summed E-state index contributed by atoms with van der Waals surface area (Å²) < 4.78 is 5.39. The second kappa shape index (κ2) is 6.55. The van der Waals surface area contributed by atoms with Crippen molar-refractivity contribution in [2.75, 3.05) is 11.9 Å². The number of hydrogen-bond donors (Lipinski definition) is 0. The van der Waals surface area contributed by atoms with Crippen LogP contribution in [0.1, 0.15) is 46.5 Å². The van der Waals surface area contributed by atoms with Crippen molar-refractivity contribution in [3.05, 3.63) is 0 Å². The molecule has 0 aliphatic carbocycles. The lowest BCUT2D eigenvalue weighted by molar-refractivity contribution is -0.117. The maximum Gasteiger partial charge on any atom is 0.410 e. The maximum atomic E-state index is 12.1. The van der Waals surface area contributed by atoms with Crippen molar-refractivity contribution in [1.82, 2.24) is 4.90 Å². The Morgan fingerprint density at radius 1 is 1.33 bits per heavy atom. The van der Waals surface area contributed by atoms with Gasteiger partial charge in [0.15, 0.2) is 0 Å². The number of amides is 1. The van der Waals surface area contributed by atoms with E-state index in [0.29, 0.717) is 18.3 Å². The zero-order valence-electron chi connectivity index (χ0n) is 11.4. The predicted octanol–water partition coefficient (Wildman–Crippen LogP) is 3.13. The van der Waals surface area contributed by atoms with Gasteiger partial charge in [0.05, 0.1) is 5.33 Å². The summed E-state index contributed by atoms with van der Waals surface area (Å²) in [5.41, 5.74) is -0.488. The summed E-state index contributed by atoms with van der Waals surface area (Å²) in [6, 6.07) is -0.00125. The van der Waals surface area contributed by atoms with E-state index in [9.17, 15) is 9.59 Å². The van der Waals surface area contributed by atoms with Crippen LogP contribution in [0.25, 0.3) is 0 Å². The van der Waals surface area contributed by atoms with E-state index >= 15 is 0 Å². The highest BCUT2D eigenvalue weighted by molar-refractivity contribution is 9.09. The van der Waals surface area contributed by atoms with Crippen molar-refractivity contribution in [1.29, 1.82) is 0 Å². The minimum Gasteiger partial charge on any atom is -0.444 e. The molecule has 0 bridgehead atoms. The van der Waals surface area contributed by atoms with Gasteiger partial charge >= 0.3 is 6.09 Å². The Kier molecular flexibility index (Phi) is 5.63. The molecule has 0 aromatic heterocycles. The van der Waals surface area contributed by atoms with Crippen molar-refractivity contribution in [3.8, 4) is 0 Å². The Morgan fingerprint density at radius 2 is 2.00 bits per heavy atom. The zero-order valence-corrected chi connectivity index (χ0v) is 13.0. The molecule has 1 unspecified atom stereocenters. The highest BCUT2D eigenvalue weighted by Gasteiger charge is 2.31. The molecule has 0 radical (unpaired) electrons. The van der Waals surface area contributed by atoms with Crippen molar-refractivity contribution in [3.63, 3.8) is 0 Å². The fourth-order valence-electron chi connectivity index (χ4n) is 2.09. The highest BCUT2D eigenvalue weighted by Crippen LogP contribution is 2.22. The van der Waals surface area contributed by atoms with E-state index in [1.54, 1.807) is 4.90 Å². The molecule has 0 N–H and O–H groups in total. The van der Waals surface area contributed by atoms with E-state index in [1.807, 2.05) is 20.8 Å². The van der Waals surface area contributed by atoms with Crippen LogP contribution in [0.3, 0.4) is 0 Å². The third-order valence-corrected chi connectivity index (χ3v) is 3.49. The second-order valence-electron chi connectivity index (χ2n) is 5.70. The van der Waals surface area contributed by atoms with Crippen molar-refractivity contribution >= 4 is 27.8 Å². The summed E-state index contributed by atoms with van der Waals surface area (Å²) in [4.78, 5) is 25.3. The number of nitrogens with zero attached hydrogens (tertiary/aromatic N) is 1. The second-order valence-corrected chi connectivity index (χ2v) is 6.26. The lowest BCUT2D eigenvalue weighted by atomic mass is 9.98. The third kappa shape index (κ3) is 4.96. The predicted molar refractivity (Wildman–Crippen MR) is 74.0 cm³/mol. The number of ketones is 1. The number of ether oxygens (including phenoxy) is 1. The van der Waals surface area contributed by atoms with E-state index in [2.05, 4.69) is 15.9 Å². The average molecular weight is 320 g/mol. The maximum absolute atomic E-state index is 12.1. The quantitative estimate of drug-likeness (QED) is 0.751. The Morgan fingerprint density at radius 3 is 2.56 bits per heavy atom. The van der Waals surface area contributed by atoms with Crippen LogP contribution in [-0.4, -0.2) is 40.3 Å². The number of alkyl halides is 1. The van der Waals surface area contributed by atoms with Crippen LogP contribution in [0, 0.1) is 0 Å². The first kappa shape index (κ1) is 15.5. The molecule has 1 rings (SSSR count). The molecule has 1 amide bonds. The van der Waals surface area contributed by atoms with E-state index < -0.39 is 5.60 Å². The van der Waals surface area contributed by atoms with Gasteiger partial charge in [-0.1, -0.05) is 15.9 Å². The largest absolute Gasteiger partial charge is 0.444 e. The van der Waals surface area contributed by atoms with Gasteiger partial charge in [0.2, 0.25) is 0 Å². The molecule has 1 fully saturated rings. The first-order valence-corrected chi connectivity index (χ1v) is 7.53. The summed E-state index contributed by atoms with van der Waals surface area (Å²) in [5.74, 6) is 0.135. The van der Waals surface area contributed by atoms with Gasteiger partial charge < -0.3 is 9.64 Å². The molecular formula is C13H22BrNO3. The Bertz CT molecular complexity index is 312. The standard InChI is InChI=1S/C13H22BrNO3/c1-13(2,3)18-12(17)15-7-5-4-6-10(15)8-11(16)9-14/h10H,4-9H2,1-3H3. The molecule has 1 heterocycles. The Labute approximate surface area is 117 Å². The van der Waals surface area contributed by atoms with Gasteiger partial charge in [-0.25, -0.2) is 4.79 Å². The SMILES string of the molecule is CC(C)(C)OC(=O)N1CCCCC1CC(=O)CBr. The van der Waals surface area contributed by atoms with Crippen LogP contribution in [-0.2, 0) is 9.53 Å². The number of piperidine rings is 1. The smallest absolute Gasteiger partial charge is 0.410 e. The fourth-order valence-corrected chi connectivity index (χ4v) is 2.32. The average Bonchev–Trinajstić information content (AvgIpc) is 2.27. The first-order valence-electron chi connectivity index (χ1n) is 6.41. The fraction of sp³-hybridized carbons (Fsp3) is 0.846. The van der Waals surface area contributed by atoms with E-state index in [4.69, 9.17) is 4.74 Å². The molecular weight excluding hydrogens is 298 g/mol. The van der Waals surface area contributed by atoms with Gasteiger partial charge in [-0.05, 0) is 40.0 Å². The lowest BCUT2D eigenvalue weighted by Crippen LogP contribution is -2.47. The summed E-state index contributed by atoms with van der Waals surface area (Å²) in [5, 5.41) is 0.353. The van der Waals surface area contributed by atoms with E-state index in [-0.39, 0.29) is 17.9 Å². The van der Waals surface area contributed by atoms with Gasteiger partial charge in [0.1, 0.15) is 11.4 Å². The van der Waals surface area contributed by atoms with Gasteiger partial charge in [0.25, 0.3) is 0 Å². The molecule has 0 aromatic rings. The summed E-state index contributed by atoms with van der Waals surface area (Å²) in [6.07, 6.45) is 3.06. The number of carbonyl (C=O) groups excluding carboxylic acids is 2. The summed E-state index contributed by atoms with van der Waals surface area (Å²) in [7, 11) is 0.